The fourth-order valence-electron chi connectivity index (χ4n) is 2.00. The maximum absolute atomic E-state index is 6.16. The van der Waals surface area contributed by atoms with Crippen molar-refractivity contribution in [1.29, 1.82) is 0 Å². The fraction of sp³-hybridized carbons (Fsp3) is 0.250. The van der Waals surface area contributed by atoms with Crippen LogP contribution in [0, 0.1) is 0 Å². The minimum Gasteiger partial charge on any atom is -0.382 e. The van der Waals surface area contributed by atoms with Gasteiger partial charge in [-0.2, -0.15) is 0 Å². The van der Waals surface area contributed by atoms with Crippen LogP contribution in [0.25, 0.3) is 11.3 Å². The second kappa shape index (κ2) is 4.07. The molecule has 4 nitrogen and oxygen atoms in total. The quantitative estimate of drug-likeness (QED) is 0.832. The molecule has 0 unspecified atom stereocenters. The summed E-state index contributed by atoms with van der Waals surface area (Å²) in [6, 6.07) is 5.30. The predicted octanol–water partition coefficient (Wildman–Crippen LogP) is 3.03. The van der Waals surface area contributed by atoms with Gasteiger partial charge < -0.3 is 11.6 Å². The Balaban J connectivity index is 2.20. The summed E-state index contributed by atoms with van der Waals surface area (Å²) < 4.78 is 1.44. The van der Waals surface area contributed by atoms with Gasteiger partial charge in [-0.05, 0) is 25.0 Å². The van der Waals surface area contributed by atoms with E-state index in [1.165, 1.54) is 4.68 Å². The number of rotatable bonds is 2. The fourth-order valence-corrected chi connectivity index (χ4v) is 2.58. The van der Waals surface area contributed by atoms with Gasteiger partial charge in [0.25, 0.3) is 0 Å². The van der Waals surface area contributed by atoms with E-state index in [1.807, 2.05) is 0 Å². The number of anilines is 1. The van der Waals surface area contributed by atoms with Crippen LogP contribution in [0.15, 0.2) is 18.2 Å². The molecule has 1 aliphatic rings. The lowest BCUT2D eigenvalue weighted by Crippen LogP contribution is -2.14. The Kier molecular flexibility index (Phi) is 2.64. The summed E-state index contributed by atoms with van der Waals surface area (Å²) in [5.74, 6) is 7.53. The van der Waals surface area contributed by atoms with Crippen LogP contribution >= 0.6 is 23.2 Å². The second-order valence-corrected chi connectivity index (χ2v) is 5.26. The summed E-state index contributed by atoms with van der Waals surface area (Å²) in [6.07, 6.45) is 2.20. The first-order valence-corrected chi connectivity index (χ1v) is 6.42. The van der Waals surface area contributed by atoms with E-state index in [0.717, 1.165) is 18.7 Å². The van der Waals surface area contributed by atoms with Crippen LogP contribution in [0.2, 0.25) is 10.0 Å². The Morgan fingerprint density at radius 3 is 2.39 bits per heavy atom. The molecule has 1 fully saturated rings. The predicted molar refractivity (Wildman–Crippen MR) is 74.2 cm³/mol. The molecule has 1 aliphatic carbocycles. The number of imidazole rings is 1. The molecule has 1 saturated carbocycles. The summed E-state index contributed by atoms with van der Waals surface area (Å²) in [5.41, 5.74) is 7.20. The SMILES string of the molecule is Nc1c(-c2c(Cl)cccc2Cl)nc(C2CC2)n1N. The lowest BCUT2D eigenvalue weighted by molar-refractivity contribution is 0.855. The number of halogens is 2. The third-order valence-electron chi connectivity index (χ3n) is 3.12. The number of nitrogens with zero attached hydrogens (tertiary/aromatic N) is 2. The summed E-state index contributed by atoms with van der Waals surface area (Å²) in [5, 5.41) is 1.05. The summed E-state index contributed by atoms with van der Waals surface area (Å²) in [4.78, 5) is 4.51. The van der Waals surface area contributed by atoms with Crippen LogP contribution in [0.3, 0.4) is 0 Å². The number of nitrogens with two attached hydrogens (primary N) is 2. The van der Waals surface area contributed by atoms with Gasteiger partial charge in [0.05, 0.1) is 10.0 Å². The monoisotopic (exact) mass is 282 g/mol. The van der Waals surface area contributed by atoms with Crippen LogP contribution in [0.5, 0.6) is 0 Å². The van der Waals surface area contributed by atoms with Crippen LogP contribution in [0.4, 0.5) is 5.82 Å². The molecule has 1 aromatic heterocycles. The van der Waals surface area contributed by atoms with Gasteiger partial charge in [-0.25, -0.2) is 9.66 Å². The van der Waals surface area contributed by atoms with Crippen LogP contribution in [-0.4, -0.2) is 9.66 Å². The summed E-state index contributed by atoms with van der Waals surface area (Å²) in [7, 11) is 0. The number of aromatic nitrogens is 2. The van der Waals surface area contributed by atoms with Crippen molar-refractivity contribution >= 4 is 29.0 Å². The molecule has 0 bridgehead atoms. The van der Waals surface area contributed by atoms with Crippen molar-refractivity contribution < 1.29 is 0 Å². The topological polar surface area (TPSA) is 69.9 Å². The number of hydrogen-bond donors (Lipinski definition) is 2. The van der Waals surface area contributed by atoms with Crippen LogP contribution in [-0.2, 0) is 0 Å². The van der Waals surface area contributed by atoms with Crippen molar-refractivity contribution in [3.8, 4) is 11.3 Å². The highest BCUT2D eigenvalue weighted by Gasteiger charge is 2.31. The molecule has 4 N–H and O–H groups in total. The highest BCUT2D eigenvalue weighted by molar-refractivity contribution is 6.39. The van der Waals surface area contributed by atoms with E-state index in [4.69, 9.17) is 34.8 Å². The standard InChI is InChI=1S/C12H12Cl2N4/c13-7-2-1-3-8(14)9(7)10-11(15)18(16)12(17-10)6-4-5-6/h1-3,6H,4-5,15-16H2. The summed E-state index contributed by atoms with van der Waals surface area (Å²) >= 11 is 12.3. The van der Waals surface area contributed by atoms with Gasteiger partial charge in [-0.3, -0.25) is 0 Å². The second-order valence-electron chi connectivity index (χ2n) is 4.44. The van der Waals surface area contributed by atoms with Gasteiger partial charge in [0.15, 0.2) is 5.82 Å². The van der Waals surface area contributed by atoms with E-state index in [0.29, 0.717) is 33.0 Å². The lowest BCUT2D eigenvalue weighted by atomic mass is 10.1. The number of hydrogen-bond acceptors (Lipinski definition) is 3. The molecule has 0 saturated heterocycles. The smallest absolute Gasteiger partial charge is 0.150 e. The molecule has 2 aromatic rings. The molecule has 0 amide bonds. The average molecular weight is 283 g/mol. The van der Waals surface area contributed by atoms with E-state index in [-0.39, 0.29) is 0 Å². The minimum atomic E-state index is 0.395. The van der Waals surface area contributed by atoms with Gasteiger partial charge in [-0.15, -0.1) is 0 Å². The first kappa shape index (κ1) is 11.7. The van der Waals surface area contributed by atoms with E-state index in [2.05, 4.69) is 4.98 Å². The van der Waals surface area contributed by atoms with Gasteiger partial charge in [0.2, 0.25) is 0 Å². The molecule has 0 aliphatic heterocycles. The Morgan fingerprint density at radius 2 is 1.83 bits per heavy atom. The molecular weight excluding hydrogens is 271 g/mol. The molecule has 0 atom stereocenters. The first-order valence-electron chi connectivity index (χ1n) is 5.67. The normalized spacial score (nSPS) is 15.0. The minimum absolute atomic E-state index is 0.395. The molecule has 0 spiro atoms. The van der Waals surface area contributed by atoms with Crippen molar-refractivity contribution in [3.05, 3.63) is 34.1 Å². The van der Waals surface area contributed by atoms with Gasteiger partial charge in [-0.1, -0.05) is 29.3 Å². The van der Waals surface area contributed by atoms with Crippen molar-refractivity contribution in [1.82, 2.24) is 9.66 Å². The van der Waals surface area contributed by atoms with E-state index in [1.54, 1.807) is 18.2 Å². The molecule has 3 rings (SSSR count). The highest BCUT2D eigenvalue weighted by Crippen LogP contribution is 2.43. The third kappa shape index (κ3) is 1.72. The maximum Gasteiger partial charge on any atom is 0.150 e. The lowest BCUT2D eigenvalue weighted by Gasteiger charge is -2.05. The molecule has 1 heterocycles. The van der Waals surface area contributed by atoms with Crippen molar-refractivity contribution in [3.63, 3.8) is 0 Å². The van der Waals surface area contributed by atoms with Crippen molar-refractivity contribution in [2.75, 3.05) is 11.6 Å². The number of nitrogen functional groups attached to an aromatic ring is 2. The number of benzene rings is 1. The molecule has 0 radical (unpaired) electrons. The Hall–Kier alpha value is -1.39. The Labute approximate surface area is 114 Å². The highest BCUT2D eigenvalue weighted by atomic mass is 35.5. The Morgan fingerprint density at radius 1 is 1.22 bits per heavy atom. The maximum atomic E-state index is 6.16. The molecular formula is C12H12Cl2N4. The van der Waals surface area contributed by atoms with Crippen molar-refractivity contribution in [2.24, 2.45) is 0 Å². The van der Waals surface area contributed by atoms with E-state index < -0.39 is 0 Å². The largest absolute Gasteiger partial charge is 0.382 e. The Bertz CT molecular complexity index is 597. The van der Waals surface area contributed by atoms with Gasteiger partial charge in [0, 0.05) is 11.5 Å². The molecule has 6 heteroatoms. The molecule has 18 heavy (non-hydrogen) atoms. The van der Waals surface area contributed by atoms with Crippen LogP contribution < -0.4 is 11.6 Å². The van der Waals surface area contributed by atoms with Crippen molar-refractivity contribution in [2.45, 2.75) is 18.8 Å². The van der Waals surface area contributed by atoms with Gasteiger partial charge in [0.1, 0.15) is 11.5 Å². The zero-order valence-electron chi connectivity index (χ0n) is 9.53. The van der Waals surface area contributed by atoms with E-state index in [9.17, 15) is 0 Å². The van der Waals surface area contributed by atoms with E-state index >= 15 is 0 Å². The van der Waals surface area contributed by atoms with Gasteiger partial charge >= 0.3 is 0 Å². The summed E-state index contributed by atoms with van der Waals surface area (Å²) in [6.45, 7) is 0. The average Bonchev–Trinajstić information content (AvgIpc) is 3.11. The molecule has 1 aromatic carbocycles. The zero-order valence-corrected chi connectivity index (χ0v) is 11.0. The zero-order chi connectivity index (χ0) is 12.9. The van der Waals surface area contributed by atoms with Crippen LogP contribution in [0.1, 0.15) is 24.6 Å². The first-order chi connectivity index (χ1) is 8.59. The third-order valence-corrected chi connectivity index (χ3v) is 3.75. The molecule has 94 valence electrons.